The fourth-order valence-electron chi connectivity index (χ4n) is 4.88. The lowest BCUT2D eigenvalue weighted by Crippen LogP contribution is -2.37. The number of nitrogens with one attached hydrogen (secondary N) is 2. The lowest BCUT2D eigenvalue weighted by molar-refractivity contribution is 0.0536. The summed E-state index contributed by atoms with van der Waals surface area (Å²) >= 11 is 0. The third-order valence-corrected chi connectivity index (χ3v) is 7.18. The zero-order valence-corrected chi connectivity index (χ0v) is 23.0. The van der Waals surface area contributed by atoms with Crippen molar-refractivity contribution in [1.82, 2.24) is 24.9 Å². The van der Waals surface area contributed by atoms with Gasteiger partial charge in [-0.25, -0.2) is 10.5 Å². The molecule has 0 aliphatic carbocycles. The van der Waals surface area contributed by atoms with Gasteiger partial charge in [-0.05, 0) is 55.6 Å². The maximum atomic E-state index is 13.2. The van der Waals surface area contributed by atoms with E-state index >= 15 is 0 Å². The number of piperidine rings is 1. The van der Waals surface area contributed by atoms with E-state index in [1.165, 1.54) is 25.1 Å². The fourth-order valence-corrected chi connectivity index (χ4v) is 4.88. The molecule has 1 amide bonds. The Bertz CT molecular complexity index is 1540. The summed E-state index contributed by atoms with van der Waals surface area (Å²) in [6.07, 6.45) is 6.00. The van der Waals surface area contributed by atoms with Gasteiger partial charge in [0.25, 0.3) is 5.91 Å². The van der Waals surface area contributed by atoms with E-state index in [4.69, 9.17) is 14.6 Å². The predicted octanol–water partition coefficient (Wildman–Crippen LogP) is 4.24. The number of nitrogens with zero attached hydrogens (tertiary/aromatic N) is 4. The van der Waals surface area contributed by atoms with Gasteiger partial charge in [-0.2, -0.15) is 4.98 Å². The van der Waals surface area contributed by atoms with Gasteiger partial charge in [0.2, 0.25) is 11.4 Å². The van der Waals surface area contributed by atoms with Crippen LogP contribution in [0.2, 0.25) is 0 Å². The van der Waals surface area contributed by atoms with Crippen molar-refractivity contribution in [2.24, 2.45) is 0 Å². The Morgan fingerprint density at radius 2 is 1.88 bits per heavy atom. The van der Waals surface area contributed by atoms with Crippen LogP contribution in [-0.4, -0.2) is 58.2 Å². The average molecular weight is 543 g/mol. The van der Waals surface area contributed by atoms with E-state index in [-0.39, 0.29) is 17.1 Å². The number of carbonyl (C=O) groups is 1. The number of rotatable bonds is 9. The number of aromatic nitrogens is 3. The Morgan fingerprint density at radius 3 is 2.58 bits per heavy atom. The Hall–Kier alpha value is -4.28. The molecule has 1 aliphatic rings. The molecule has 0 unspecified atom stereocenters. The smallest absolute Gasteiger partial charge is 0.280 e. The maximum absolute atomic E-state index is 13.2. The van der Waals surface area contributed by atoms with Gasteiger partial charge >= 0.3 is 0 Å². The standard InChI is InChI=1S/C30H34N6O4/c1-4-20-9-11-22(12-10-20)36-19-26(29(38)34-39-3)27(37)25-18-31-30(33-28(25)36)32-21-7-6-8-24(17-21)40-23-13-15-35(5-2)16-14-23/h6-12,17-19,23H,4-5,13-16H2,1-3H3,(H,34,38)(H,31,32,33). The van der Waals surface area contributed by atoms with Crippen molar-refractivity contribution in [2.75, 3.05) is 32.1 Å². The van der Waals surface area contributed by atoms with Crippen molar-refractivity contribution in [1.29, 1.82) is 0 Å². The highest BCUT2D eigenvalue weighted by molar-refractivity contribution is 5.96. The van der Waals surface area contributed by atoms with Crippen molar-refractivity contribution in [3.05, 3.63) is 82.3 Å². The molecule has 4 aromatic rings. The predicted molar refractivity (Wildman–Crippen MR) is 154 cm³/mol. The molecule has 2 aromatic carbocycles. The number of hydroxylamine groups is 1. The van der Waals surface area contributed by atoms with Crippen molar-refractivity contribution < 1.29 is 14.4 Å². The first kappa shape index (κ1) is 27.3. The van der Waals surface area contributed by atoms with Crippen LogP contribution in [0.5, 0.6) is 5.75 Å². The maximum Gasteiger partial charge on any atom is 0.280 e. The Labute approximate surface area is 232 Å². The number of anilines is 2. The van der Waals surface area contributed by atoms with E-state index in [2.05, 4.69) is 34.5 Å². The Morgan fingerprint density at radius 1 is 1.10 bits per heavy atom. The highest BCUT2D eigenvalue weighted by Gasteiger charge is 2.20. The van der Waals surface area contributed by atoms with E-state index < -0.39 is 11.3 Å². The fraction of sp³-hybridized carbons (Fsp3) is 0.333. The number of likely N-dealkylation sites (tertiary alicyclic amines) is 1. The van der Waals surface area contributed by atoms with Crippen molar-refractivity contribution >= 4 is 28.6 Å². The van der Waals surface area contributed by atoms with Gasteiger partial charge in [0.15, 0.2) is 5.65 Å². The largest absolute Gasteiger partial charge is 0.490 e. The quantitative estimate of drug-likeness (QED) is 0.302. The molecule has 0 saturated carbocycles. The summed E-state index contributed by atoms with van der Waals surface area (Å²) in [5.41, 5.74) is 4.72. The summed E-state index contributed by atoms with van der Waals surface area (Å²) in [6.45, 7) is 7.42. The van der Waals surface area contributed by atoms with E-state index in [9.17, 15) is 9.59 Å². The highest BCUT2D eigenvalue weighted by Crippen LogP contribution is 2.25. The molecule has 0 bridgehead atoms. The van der Waals surface area contributed by atoms with Crippen molar-refractivity contribution in [2.45, 2.75) is 39.2 Å². The molecular formula is C30H34N6O4. The third-order valence-electron chi connectivity index (χ3n) is 7.18. The van der Waals surface area contributed by atoms with Gasteiger partial charge in [0.05, 0.1) is 12.5 Å². The van der Waals surface area contributed by atoms with E-state index in [0.29, 0.717) is 11.6 Å². The van der Waals surface area contributed by atoms with Crippen LogP contribution in [0.1, 0.15) is 42.6 Å². The minimum absolute atomic E-state index is 0.0761. The molecule has 0 radical (unpaired) electrons. The monoisotopic (exact) mass is 542 g/mol. The Kier molecular flexibility index (Phi) is 8.37. The minimum Gasteiger partial charge on any atom is -0.490 e. The zero-order valence-electron chi connectivity index (χ0n) is 23.0. The van der Waals surface area contributed by atoms with Crippen LogP contribution in [0, 0.1) is 0 Å². The summed E-state index contributed by atoms with van der Waals surface area (Å²) < 4.78 is 7.98. The first-order valence-electron chi connectivity index (χ1n) is 13.6. The second-order valence-electron chi connectivity index (χ2n) is 9.73. The van der Waals surface area contributed by atoms with Gasteiger partial charge in [0, 0.05) is 42.9 Å². The molecule has 0 atom stereocenters. The molecule has 40 heavy (non-hydrogen) atoms. The van der Waals surface area contributed by atoms with Crippen LogP contribution in [-0.2, 0) is 11.3 Å². The molecule has 10 nitrogen and oxygen atoms in total. The first-order chi connectivity index (χ1) is 19.5. The summed E-state index contributed by atoms with van der Waals surface area (Å²) in [5, 5.41) is 3.45. The molecule has 2 aromatic heterocycles. The van der Waals surface area contributed by atoms with E-state index in [1.807, 2.05) is 48.5 Å². The molecule has 3 heterocycles. The topological polar surface area (TPSA) is 111 Å². The van der Waals surface area contributed by atoms with Gasteiger partial charge in [-0.3, -0.25) is 14.4 Å². The van der Waals surface area contributed by atoms with E-state index in [1.54, 1.807) is 4.57 Å². The number of amides is 1. The number of fused-ring (bicyclic) bond motifs is 1. The summed E-state index contributed by atoms with van der Waals surface area (Å²) in [4.78, 5) is 42.1. The second-order valence-corrected chi connectivity index (χ2v) is 9.73. The van der Waals surface area contributed by atoms with Crippen LogP contribution >= 0.6 is 0 Å². The van der Waals surface area contributed by atoms with Gasteiger partial charge in [-0.1, -0.05) is 32.0 Å². The Balaban J connectivity index is 1.47. The number of aryl methyl sites for hydroxylation is 1. The molecule has 208 valence electrons. The molecular weight excluding hydrogens is 508 g/mol. The molecule has 0 spiro atoms. The van der Waals surface area contributed by atoms with Gasteiger partial charge in [0.1, 0.15) is 17.4 Å². The third kappa shape index (κ3) is 5.98. The summed E-state index contributed by atoms with van der Waals surface area (Å²) in [6, 6.07) is 15.6. The van der Waals surface area contributed by atoms with Crippen molar-refractivity contribution in [3.8, 4) is 11.4 Å². The van der Waals surface area contributed by atoms with Crippen LogP contribution in [0.3, 0.4) is 0 Å². The van der Waals surface area contributed by atoms with Crippen LogP contribution in [0.25, 0.3) is 16.7 Å². The number of hydrogen-bond donors (Lipinski definition) is 2. The normalized spacial score (nSPS) is 14.3. The van der Waals surface area contributed by atoms with Gasteiger partial charge < -0.3 is 19.5 Å². The number of carbonyl (C=O) groups excluding carboxylic acids is 1. The molecule has 5 rings (SSSR count). The second kappa shape index (κ2) is 12.3. The van der Waals surface area contributed by atoms with Crippen LogP contribution in [0.15, 0.2) is 65.7 Å². The van der Waals surface area contributed by atoms with Gasteiger partial charge in [-0.15, -0.1) is 0 Å². The lowest BCUT2D eigenvalue weighted by atomic mass is 10.1. The highest BCUT2D eigenvalue weighted by atomic mass is 16.6. The zero-order chi connectivity index (χ0) is 28.1. The summed E-state index contributed by atoms with van der Waals surface area (Å²) in [5.74, 6) is 0.448. The number of benzene rings is 2. The average Bonchev–Trinajstić information content (AvgIpc) is 2.98. The lowest BCUT2D eigenvalue weighted by Gasteiger charge is -2.31. The first-order valence-corrected chi connectivity index (χ1v) is 13.6. The molecule has 10 heteroatoms. The van der Waals surface area contributed by atoms with Crippen LogP contribution < -0.4 is 21.0 Å². The molecule has 1 fully saturated rings. The number of hydrogen-bond acceptors (Lipinski definition) is 8. The number of ether oxygens (including phenoxy) is 1. The molecule has 1 saturated heterocycles. The summed E-state index contributed by atoms with van der Waals surface area (Å²) in [7, 11) is 1.32. The van der Waals surface area contributed by atoms with Crippen molar-refractivity contribution in [3.63, 3.8) is 0 Å². The molecule has 2 N–H and O–H groups in total. The number of pyridine rings is 1. The van der Waals surface area contributed by atoms with E-state index in [0.717, 1.165) is 56.0 Å². The van der Waals surface area contributed by atoms with Crippen LogP contribution in [0.4, 0.5) is 11.6 Å². The minimum atomic E-state index is -0.646. The molecule has 1 aliphatic heterocycles. The SMILES string of the molecule is CCc1ccc(-n2cc(C(=O)NOC)c(=O)c3cnc(Nc4cccc(OC5CCN(CC)CC5)c4)nc32)cc1.